The topological polar surface area (TPSA) is 0 Å². The summed E-state index contributed by atoms with van der Waals surface area (Å²) in [5.41, 5.74) is 5.08. The molecule has 0 bridgehead atoms. The molecule has 0 heterocycles. The second kappa shape index (κ2) is 4.64. The summed E-state index contributed by atoms with van der Waals surface area (Å²) in [5.74, 6) is 0. The van der Waals surface area contributed by atoms with Crippen LogP contribution < -0.4 is 0 Å². The van der Waals surface area contributed by atoms with Crippen LogP contribution in [0.5, 0.6) is 0 Å². The van der Waals surface area contributed by atoms with Crippen LogP contribution in [0.25, 0.3) is 6.08 Å². The van der Waals surface area contributed by atoms with Crippen molar-refractivity contribution in [3.8, 4) is 0 Å². The SMILES string of the molecule is CC(C)[Si](C)(C1C=CC=C1)C1C=Cc2ccccc21. The Labute approximate surface area is 117 Å². The molecule has 0 aliphatic heterocycles. The third kappa shape index (κ3) is 1.88. The number of hydrogen-bond donors (Lipinski definition) is 0. The molecule has 0 radical (unpaired) electrons. The molecule has 0 saturated carbocycles. The first-order valence-corrected chi connectivity index (χ1v) is 9.99. The summed E-state index contributed by atoms with van der Waals surface area (Å²) in [7, 11) is -1.47. The number of allylic oxidation sites excluding steroid dienone is 5. The van der Waals surface area contributed by atoms with E-state index in [9.17, 15) is 0 Å². The van der Waals surface area contributed by atoms with Crippen molar-refractivity contribution in [2.75, 3.05) is 0 Å². The Morgan fingerprint density at radius 3 is 2.37 bits per heavy atom. The molecule has 0 amide bonds. The zero-order chi connectivity index (χ0) is 13.5. The van der Waals surface area contributed by atoms with Crippen molar-refractivity contribution in [3.63, 3.8) is 0 Å². The van der Waals surface area contributed by atoms with E-state index in [2.05, 4.69) is 81.1 Å². The predicted molar refractivity (Wildman–Crippen MR) is 87.0 cm³/mol. The molecule has 2 aliphatic rings. The van der Waals surface area contributed by atoms with Gasteiger partial charge in [0.1, 0.15) is 0 Å². The van der Waals surface area contributed by atoms with E-state index in [1.165, 1.54) is 5.56 Å². The van der Waals surface area contributed by atoms with Gasteiger partial charge in [0, 0.05) is 0 Å². The molecular weight excluding hydrogens is 244 g/mol. The summed E-state index contributed by atoms with van der Waals surface area (Å²) in [6, 6.07) is 8.92. The lowest BCUT2D eigenvalue weighted by molar-refractivity contribution is 0.918. The Morgan fingerprint density at radius 1 is 1.00 bits per heavy atom. The second-order valence-corrected chi connectivity index (χ2v) is 11.5. The van der Waals surface area contributed by atoms with Crippen LogP contribution >= 0.6 is 0 Å². The van der Waals surface area contributed by atoms with Crippen LogP contribution in [0.1, 0.15) is 30.5 Å². The highest BCUT2D eigenvalue weighted by atomic mass is 28.3. The summed E-state index contributed by atoms with van der Waals surface area (Å²) in [6.07, 6.45) is 14.1. The molecule has 0 spiro atoms. The normalized spacial score (nSPS) is 24.1. The Kier molecular flexibility index (Phi) is 3.10. The molecule has 2 atom stereocenters. The van der Waals surface area contributed by atoms with E-state index in [1.54, 1.807) is 5.56 Å². The van der Waals surface area contributed by atoms with Crippen LogP contribution in [-0.4, -0.2) is 8.07 Å². The Bertz CT molecular complexity index is 553. The largest absolute Gasteiger partial charge is 0.0803 e. The smallest absolute Gasteiger partial charge is 0.0761 e. The average molecular weight is 266 g/mol. The molecule has 3 rings (SSSR count). The fraction of sp³-hybridized carbons (Fsp3) is 0.333. The summed E-state index contributed by atoms with van der Waals surface area (Å²) < 4.78 is 0. The Hall–Kier alpha value is -1.34. The number of rotatable bonds is 3. The number of fused-ring (bicyclic) bond motifs is 1. The van der Waals surface area contributed by atoms with E-state index in [0.717, 1.165) is 5.54 Å². The van der Waals surface area contributed by atoms with E-state index < -0.39 is 8.07 Å². The van der Waals surface area contributed by atoms with Crippen molar-refractivity contribution in [2.45, 2.75) is 37.0 Å². The first kappa shape index (κ1) is 12.7. The van der Waals surface area contributed by atoms with Crippen molar-refractivity contribution < 1.29 is 0 Å². The fourth-order valence-corrected chi connectivity index (χ4v) is 7.99. The lowest BCUT2D eigenvalue weighted by atomic mass is 10.1. The lowest BCUT2D eigenvalue weighted by Gasteiger charge is -2.41. The number of hydrogen-bond acceptors (Lipinski definition) is 0. The van der Waals surface area contributed by atoms with Crippen molar-refractivity contribution in [2.24, 2.45) is 0 Å². The van der Waals surface area contributed by atoms with Gasteiger partial charge in [-0.15, -0.1) is 0 Å². The van der Waals surface area contributed by atoms with Gasteiger partial charge in [-0.1, -0.05) is 81.1 Å². The molecule has 2 aliphatic carbocycles. The van der Waals surface area contributed by atoms with Gasteiger partial charge in [-0.25, -0.2) is 0 Å². The molecule has 2 unspecified atom stereocenters. The van der Waals surface area contributed by atoms with Crippen LogP contribution in [-0.2, 0) is 0 Å². The molecule has 1 heteroatoms. The molecule has 1 aromatic carbocycles. The molecule has 0 fully saturated rings. The third-order valence-corrected chi connectivity index (χ3v) is 11.3. The average Bonchev–Trinajstić information content (AvgIpc) is 3.07. The molecule has 1 aromatic rings. The maximum absolute atomic E-state index is 2.58. The summed E-state index contributed by atoms with van der Waals surface area (Å²) in [6.45, 7) is 7.42. The van der Waals surface area contributed by atoms with Crippen molar-refractivity contribution in [1.29, 1.82) is 0 Å². The molecule has 19 heavy (non-hydrogen) atoms. The van der Waals surface area contributed by atoms with Gasteiger partial charge in [0.25, 0.3) is 0 Å². The summed E-state index contributed by atoms with van der Waals surface area (Å²) >= 11 is 0. The van der Waals surface area contributed by atoms with Gasteiger partial charge >= 0.3 is 0 Å². The molecule has 0 saturated heterocycles. The first-order valence-electron chi connectivity index (χ1n) is 7.26. The third-order valence-electron chi connectivity index (χ3n) is 5.18. The van der Waals surface area contributed by atoms with E-state index >= 15 is 0 Å². The van der Waals surface area contributed by atoms with Crippen LogP contribution in [0.15, 0.2) is 54.6 Å². The monoisotopic (exact) mass is 266 g/mol. The number of benzene rings is 1. The molecular formula is C18H22Si. The van der Waals surface area contributed by atoms with Crippen LogP contribution in [0.2, 0.25) is 17.6 Å². The first-order chi connectivity index (χ1) is 9.14. The van der Waals surface area contributed by atoms with E-state index in [1.807, 2.05) is 0 Å². The van der Waals surface area contributed by atoms with Gasteiger partial charge in [0.15, 0.2) is 0 Å². The van der Waals surface area contributed by atoms with E-state index in [4.69, 9.17) is 0 Å². The van der Waals surface area contributed by atoms with Crippen molar-refractivity contribution >= 4 is 14.1 Å². The van der Waals surface area contributed by atoms with Crippen molar-refractivity contribution in [1.82, 2.24) is 0 Å². The highest BCUT2D eigenvalue weighted by Crippen LogP contribution is 2.49. The minimum Gasteiger partial charge on any atom is -0.0803 e. The highest BCUT2D eigenvalue weighted by molar-refractivity contribution is 6.84. The second-order valence-electron chi connectivity index (χ2n) is 6.28. The highest BCUT2D eigenvalue weighted by Gasteiger charge is 2.45. The standard InChI is InChI=1S/C18H22Si/c1-14(2)19(3,16-9-5-6-10-16)18-13-12-15-8-4-7-11-17(15)18/h4-14,16,18H,1-3H3. The van der Waals surface area contributed by atoms with E-state index in [-0.39, 0.29) is 0 Å². The maximum atomic E-state index is 2.58. The van der Waals surface area contributed by atoms with Crippen LogP contribution in [0.4, 0.5) is 0 Å². The maximum Gasteiger partial charge on any atom is 0.0761 e. The van der Waals surface area contributed by atoms with Gasteiger partial charge in [-0.3, -0.25) is 0 Å². The molecule has 0 N–H and O–H groups in total. The van der Waals surface area contributed by atoms with Gasteiger partial charge in [-0.2, -0.15) is 0 Å². The van der Waals surface area contributed by atoms with Gasteiger partial charge in [-0.05, 0) is 27.8 Å². The van der Waals surface area contributed by atoms with Gasteiger partial charge in [0.2, 0.25) is 0 Å². The quantitative estimate of drug-likeness (QED) is 0.649. The summed E-state index contributed by atoms with van der Waals surface area (Å²) in [4.78, 5) is 0. The summed E-state index contributed by atoms with van der Waals surface area (Å²) in [5, 5.41) is 0. The fourth-order valence-electron chi connectivity index (χ4n) is 3.59. The predicted octanol–water partition coefficient (Wildman–Crippen LogP) is 5.32. The zero-order valence-corrected chi connectivity index (χ0v) is 13.0. The van der Waals surface area contributed by atoms with Crippen molar-refractivity contribution in [3.05, 3.63) is 65.8 Å². The minimum absolute atomic E-state index is 0.654. The Balaban J connectivity index is 2.06. The molecule has 0 aromatic heterocycles. The van der Waals surface area contributed by atoms with Crippen LogP contribution in [0, 0.1) is 0 Å². The van der Waals surface area contributed by atoms with Gasteiger partial charge in [0.05, 0.1) is 8.07 Å². The minimum atomic E-state index is -1.47. The molecule has 0 nitrogen and oxygen atoms in total. The van der Waals surface area contributed by atoms with Gasteiger partial charge < -0.3 is 0 Å². The van der Waals surface area contributed by atoms with E-state index in [0.29, 0.717) is 11.1 Å². The zero-order valence-electron chi connectivity index (χ0n) is 12.0. The lowest BCUT2D eigenvalue weighted by Crippen LogP contribution is -2.44. The van der Waals surface area contributed by atoms with Crippen LogP contribution in [0.3, 0.4) is 0 Å². The molecule has 98 valence electrons. The Morgan fingerprint density at radius 2 is 1.68 bits per heavy atom.